The minimum Gasteiger partial charge on any atom is -0.496 e. The molecule has 0 aliphatic rings. The first-order valence-electron chi connectivity index (χ1n) is 7.49. The number of benzene rings is 2. The van der Waals surface area contributed by atoms with Crippen molar-refractivity contribution in [2.75, 3.05) is 7.11 Å². The van der Waals surface area contributed by atoms with Crippen LogP contribution in [0.3, 0.4) is 0 Å². The van der Waals surface area contributed by atoms with Crippen LogP contribution in [0.25, 0.3) is 32.8 Å². The van der Waals surface area contributed by atoms with Crippen LogP contribution in [-0.4, -0.2) is 12.1 Å². The fourth-order valence-electron chi connectivity index (χ4n) is 2.66. The lowest BCUT2D eigenvalue weighted by molar-refractivity contribution is 0.413. The van der Waals surface area contributed by atoms with Crippen LogP contribution in [0.2, 0.25) is 5.02 Å². The van der Waals surface area contributed by atoms with Crippen molar-refractivity contribution in [3.63, 3.8) is 0 Å². The number of hydrogen-bond acceptors (Lipinski definition) is 5. The lowest BCUT2D eigenvalue weighted by Crippen LogP contribution is -2.02. The highest BCUT2D eigenvalue weighted by atomic mass is 35.5. The number of ether oxygens (including phenoxy) is 1. The van der Waals surface area contributed by atoms with Gasteiger partial charge in [-0.1, -0.05) is 35.9 Å². The Morgan fingerprint density at radius 2 is 1.84 bits per heavy atom. The number of halogens is 1. The average Bonchev–Trinajstić information content (AvgIpc) is 3.07. The third kappa shape index (κ3) is 2.81. The molecule has 0 bridgehead atoms. The number of thiophene rings is 1. The Bertz CT molecular complexity index is 1120. The largest absolute Gasteiger partial charge is 0.496 e. The molecule has 0 aliphatic carbocycles. The van der Waals surface area contributed by atoms with Gasteiger partial charge in [0.05, 0.1) is 12.7 Å². The SMILES string of the molecule is COc1ccccc1-c1nc2scc(-c3ccc(Cl)cc3)c2c(=O)o1. The number of aromatic nitrogens is 1. The van der Waals surface area contributed by atoms with Crippen molar-refractivity contribution in [3.8, 4) is 28.3 Å². The van der Waals surface area contributed by atoms with E-state index in [2.05, 4.69) is 4.98 Å². The molecule has 0 N–H and O–H groups in total. The lowest BCUT2D eigenvalue weighted by atomic mass is 10.1. The van der Waals surface area contributed by atoms with Crippen molar-refractivity contribution in [1.82, 2.24) is 4.98 Å². The molecule has 0 spiro atoms. The zero-order chi connectivity index (χ0) is 17.4. The molecule has 25 heavy (non-hydrogen) atoms. The first kappa shape index (κ1) is 15.9. The van der Waals surface area contributed by atoms with Crippen molar-refractivity contribution >= 4 is 33.2 Å². The minimum atomic E-state index is -0.419. The number of hydrogen-bond donors (Lipinski definition) is 0. The molecule has 0 aliphatic heterocycles. The molecule has 0 saturated heterocycles. The van der Waals surface area contributed by atoms with Gasteiger partial charge in [0.15, 0.2) is 0 Å². The van der Waals surface area contributed by atoms with Gasteiger partial charge in [-0.2, -0.15) is 0 Å². The van der Waals surface area contributed by atoms with E-state index >= 15 is 0 Å². The molecule has 0 atom stereocenters. The topological polar surface area (TPSA) is 52.3 Å². The Kier molecular flexibility index (Phi) is 4.03. The van der Waals surface area contributed by atoms with E-state index in [1.807, 2.05) is 35.7 Å². The standard InChI is InChI=1S/C19H12ClNO3S/c1-23-15-5-3-2-4-13(15)17-21-18-16(19(22)24-17)14(10-25-18)11-6-8-12(20)9-7-11/h2-10H,1H3. The van der Waals surface area contributed by atoms with Crippen LogP contribution in [0.15, 0.2) is 63.1 Å². The van der Waals surface area contributed by atoms with Crippen molar-refractivity contribution in [3.05, 3.63) is 69.4 Å². The van der Waals surface area contributed by atoms with Crippen LogP contribution < -0.4 is 10.4 Å². The number of para-hydroxylation sites is 1. The summed E-state index contributed by atoms with van der Waals surface area (Å²) in [6.45, 7) is 0. The average molecular weight is 370 g/mol. The Labute approximate surface area is 152 Å². The molecule has 6 heteroatoms. The van der Waals surface area contributed by atoms with E-state index in [1.54, 1.807) is 25.3 Å². The molecular formula is C19H12ClNO3S. The summed E-state index contributed by atoms with van der Waals surface area (Å²) in [6.07, 6.45) is 0. The summed E-state index contributed by atoms with van der Waals surface area (Å²) < 4.78 is 10.8. The van der Waals surface area contributed by atoms with Crippen LogP contribution in [0.4, 0.5) is 0 Å². The first-order chi connectivity index (χ1) is 12.2. The van der Waals surface area contributed by atoms with E-state index in [0.29, 0.717) is 26.6 Å². The second-order valence-corrected chi connectivity index (χ2v) is 6.64. The van der Waals surface area contributed by atoms with Crippen molar-refractivity contribution in [2.45, 2.75) is 0 Å². The van der Waals surface area contributed by atoms with Gasteiger partial charge in [0, 0.05) is 16.0 Å². The van der Waals surface area contributed by atoms with Gasteiger partial charge in [0.1, 0.15) is 16.0 Å². The molecule has 4 aromatic rings. The Balaban J connectivity index is 1.90. The van der Waals surface area contributed by atoms with Gasteiger partial charge in [0.2, 0.25) is 5.89 Å². The fraction of sp³-hybridized carbons (Fsp3) is 0.0526. The second kappa shape index (κ2) is 6.35. The minimum absolute atomic E-state index is 0.249. The van der Waals surface area contributed by atoms with Gasteiger partial charge in [-0.15, -0.1) is 11.3 Å². The Morgan fingerprint density at radius 1 is 1.08 bits per heavy atom. The second-order valence-electron chi connectivity index (χ2n) is 5.34. The number of fused-ring (bicyclic) bond motifs is 1. The zero-order valence-corrected chi connectivity index (χ0v) is 14.7. The van der Waals surface area contributed by atoms with Crippen LogP contribution in [0.5, 0.6) is 5.75 Å². The summed E-state index contributed by atoms with van der Waals surface area (Å²) in [7, 11) is 1.57. The quantitative estimate of drug-likeness (QED) is 0.495. The highest BCUT2D eigenvalue weighted by Gasteiger charge is 2.17. The Morgan fingerprint density at radius 3 is 2.60 bits per heavy atom. The van der Waals surface area contributed by atoms with Gasteiger partial charge in [0.25, 0.3) is 0 Å². The molecule has 2 aromatic carbocycles. The maximum Gasteiger partial charge on any atom is 0.348 e. The van der Waals surface area contributed by atoms with E-state index in [0.717, 1.165) is 11.1 Å². The van der Waals surface area contributed by atoms with Gasteiger partial charge in [-0.05, 0) is 29.8 Å². The maximum atomic E-state index is 12.6. The van der Waals surface area contributed by atoms with E-state index in [1.165, 1.54) is 11.3 Å². The third-order valence-corrected chi connectivity index (χ3v) is 4.99. The van der Waals surface area contributed by atoms with Gasteiger partial charge in [-0.25, -0.2) is 9.78 Å². The van der Waals surface area contributed by atoms with E-state index in [9.17, 15) is 4.79 Å². The van der Waals surface area contributed by atoms with Gasteiger partial charge < -0.3 is 9.15 Å². The molecule has 0 unspecified atom stereocenters. The molecular weight excluding hydrogens is 358 g/mol. The molecule has 0 fully saturated rings. The third-order valence-electron chi connectivity index (χ3n) is 3.86. The molecule has 0 amide bonds. The van der Waals surface area contributed by atoms with Crippen LogP contribution in [0.1, 0.15) is 0 Å². The highest BCUT2D eigenvalue weighted by Crippen LogP contribution is 2.34. The normalized spacial score (nSPS) is 11.0. The van der Waals surface area contributed by atoms with Crippen molar-refractivity contribution in [1.29, 1.82) is 0 Å². The van der Waals surface area contributed by atoms with Crippen LogP contribution in [-0.2, 0) is 0 Å². The maximum absolute atomic E-state index is 12.6. The summed E-state index contributed by atoms with van der Waals surface area (Å²) in [6, 6.07) is 14.6. The van der Waals surface area contributed by atoms with Crippen LogP contribution in [0, 0.1) is 0 Å². The predicted molar refractivity (Wildman–Crippen MR) is 101 cm³/mol. The molecule has 0 radical (unpaired) electrons. The first-order valence-corrected chi connectivity index (χ1v) is 8.75. The van der Waals surface area contributed by atoms with Crippen molar-refractivity contribution in [2.24, 2.45) is 0 Å². The monoisotopic (exact) mass is 369 g/mol. The number of methoxy groups -OCH3 is 1. The zero-order valence-electron chi connectivity index (χ0n) is 13.2. The molecule has 2 heterocycles. The Hall–Kier alpha value is -2.63. The molecule has 4 rings (SSSR count). The van der Waals surface area contributed by atoms with Gasteiger partial charge >= 0.3 is 5.63 Å². The van der Waals surface area contributed by atoms with E-state index < -0.39 is 5.63 Å². The fourth-order valence-corrected chi connectivity index (χ4v) is 3.72. The molecule has 4 nitrogen and oxygen atoms in total. The summed E-state index contributed by atoms with van der Waals surface area (Å²) in [5, 5.41) is 3.03. The van der Waals surface area contributed by atoms with Crippen molar-refractivity contribution < 1.29 is 9.15 Å². The lowest BCUT2D eigenvalue weighted by Gasteiger charge is -2.06. The molecule has 124 valence electrons. The summed E-state index contributed by atoms with van der Waals surface area (Å²) >= 11 is 7.34. The van der Waals surface area contributed by atoms with Gasteiger partial charge in [-0.3, -0.25) is 0 Å². The highest BCUT2D eigenvalue weighted by molar-refractivity contribution is 7.17. The predicted octanol–water partition coefficient (Wildman–Crippen LogP) is 5.25. The number of nitrogens with zero attached hydrogens (tertiary/aromatic N) is 1. The summed E-state index contributed by atoms with van der Waals surface area (Å²) in [4.78, 5) is 17.8. The number of rotatable bonds is 3. The van der Waals surface area contributed by atoms with Crippen LogP contribution >= 0.6 is 22.9 Å². The summed E-state index contributed by atoms with van der Waals surface area (Å²) in [5.41, 5.74) is 1.92. The van der Waals surface area contributed by atoms with E-state index in [4.69, 9.17) is 20.8 Å². The smallest absolute Gasteiger partial charge is 0.348 e. The van der Waals surface area contributed by atoms with E-state index in [-0.39, 0.29) is 5.89 Å². The summed E-state index contributed by atoms with van der Waals surface area (Å²) in [5.74, 6) is 0.853. The molecule has 0 saturated carbocycles. The molecule has 2 aromatic heterocycles.